The standard InChI is InChI=1S/C25H23N3O5S/c1-3-33-22-7-5-4-6-20(22)27-23(29)15-34-25(27)17-10-12-19(13-11-17)26-24(30)18-9-8-16(2)21(14-18)28(31)32/h4-14,25H,3,15H2,1-2H3,(H,26,30)/t25-/m1/s1. The van der Waals surface area contributed by atoms with Gasteiger partial charge in [-0.1, -0.05) is 30.3 Å². The first-order valence-corrected chi connectivity index (χ1v) is 11.8. The fourth-order valence-electron chi connectivity index (χ4n) is 3.75. The number of carbonyl (C=O) groups excluding carboxylic acids is 2. The van der Waals surface area contributed by atoms with Crippen molar-refractivity contribution in [2.45, 2.75) is 19.2 Å². The Morgan fingerprint density at radius 2 is 1.91 bits per heavy atom. The fourth-order valence-corrected chi connectivity index (χ4v) is 4.92. The van der Waals surface area contributed by atoms with Crippen molar-refractivity contribution in [2.75, 3.05) is 22.6 Å². The third kappa shape index (κ3) is 4.74. The van der Waals surface area contributed by atoms with E-state index in [1.54, 1.807) is 36.1 Å². The smallest absolute Gasteiger partial charge is 0.273 e. The zero-order valence-corrected chi connectivity index (χ0v) is 19.5. The molecule has 0 aromatic heterocycles. The number of aryl methyl sites for hydroxylation is 1. The van der Waals surface area contributed by atoms with Crippen molar-refractivity contribution in [3.8, 4) is 5.75 Å². The van der Waals surface area contributed by atoms with Crippen LogP contribution in [-0.2, 0) is 4.79 Å². The Morgan fingerprint density at radius 3 is 2.62 bits per heavy atom. The number of para-hydroxylation sites is 2. The molecule has 1 atom stereocenters. The van der Waals surface area contributed by atoms with E-state index in [0.717, 1.165) is 11.3 Å². The molecular weight excluding hydrogens is 454 g/mol. The van der Waals surface area contributed by atoms with Gasteiger partial charge in [0.1, 0.15) is 11.1 Å². The number of amides is 2. The van der Waals surface area contributed by atoms with Crippen molar-refractivity contribution in [3.63, 3.8) is 0 Å². The van der Waals surface area contributed by atoms with Crippen molar-refractivity contribution in [1.29, 1.82) is 0 Å². The Labute approximate surface area is 201 Å². The van der Waals surface area contributed by atoms with Gasteiger partial charge < -0.3 is 10.1 Å². The topological polar surface area (TPSA) is 102 Å². The highest BCUT2D eigenvalue weighted by molar-refractivity contribution is 8.00. The molecule has 174 valence electrons. The van der Waals surface area contributed by atoms with Crippen LogP contribution in [-0.4, -0.2) is 29.1 Å². The third-order valence-corrected chi connectivity index (χ3v) is 6.63. The van der Waals surface area contributed by atoms with Gasteiger partial charge in [0.2, 0.25) is 5.91 Å². The lowest BCUT2D eigenvalue weighted by atomic mass is 10.1. The molecule has 1 heterocycles. The number of thioether (sulfide) groups is 1. The Balaban J connectivity index is 1.53. The van der Waals surface area contributed by atoms with E-state index in [2.05, 4.69) is 5.32 Å². The van der Waals surface area contributed by atoms with E-state index in [0.29, 0.717) is 29.4 Å². The zero-order valence-electron chi connectivity index (χ0n) is 18.7. The number of carbonyl (C=O) groups is 2. The predicted molar refractivity (Wildman–Crippen MR) is 133 cm³/mol. The number of rotatable bonds is 7. The number of nitro groups is 1. The van der Waals surface area contributed by atoms with E-state index in [1.807, 2.05) is 43.3 Å². The maximum Gasteiger partial charge on any atom is 0.273 e. The van der Waals surface area contributed by atoms with Crippen molar-refractivity contribution in [3.05, 3.63) is 93.5 Å². The number of hydrogen-bond acceptors (Lipinski definition) is 6. The summed E-state index contributed by atoms with van der Waals surface area (Å²) in [6.45, 7) is 4.02. The van der Waals surface area contributed by atoms with Gasteiger partial charge in [0, 0.05) is 22.9 Å². The average molecular weight is 478 g/mol. The molecule has 9 heteroatoms. The normalized spacial score (nSPS) is 15.3. The maximum atomic E-state index is 12.7. The molecule has 0 saturated carbocycles. The molecule has 4 rings (SSSR count). The number of nitrogens with zero attached hydrogens (tertiary/aromatic N) is 2. The lowest BCUT2D eigenvalue weighted by Crippen LogP contribution is -2.28. The van der Waals surface area contributed by atoms with E-state index in [1.165, 1.54) is 17.8 Å². The second-order valence-electron chi connectivity index (χ2n) is 7.66. The van der Waals surface area contributed by atoms with Crippen molar-refractivity contribution >= 4 is 40.6 Å². The van der Waals surface area contributed by atoms with Crippen LogP contribution in [0.4, 0.5) is 17.1 Å². The maximum absolute atomic E-state index is 12.7. The minimum absolute atomic E-state index is 0.000461. The molecule has 3 aromatic carbocycles. The van der Waals surface area contributed by atoms with Crippen LogP contribution in [0.15, 0.2) is 66.7 Å². The van der Waals surface area contributed by atoms with Gasteiger partial charge in [-0.3, -0.25) is 24.6 Å². The first kappa shape index (κ1) is 23.3. The van der Waals surface area contributed by atoms with Crippen LogP contribution in [0.2, 0.25) is 0 Å². The van der Waals surface area contributed by atoms with Crippen molar-refractivity contribution in [1.82, 2.24) is 0 Å². The average Bonchev–Trinajstić information content (AvgIpc) is 3.21. The van der Waals surface area contributed by atoms with Crippen LogP contribution >= 0.6 is 11.8 Å². The largest absolute Gasteiger partial charge is 0.492 e. The van der Waals surface area contributed by atoms with E-state index >= 15 is 0 Å². The summed E-state index contributed by atoms with van der Waals surface area (Å²) in [5, 5.41) is 13.7. The Morgan fingerprint density at radius 1 is 1.18 bits per heavy atom. The summed E-state index contributed by atoms with van der Waals surface area (Å²) >= 11 is 1.53. The molecule has 3 aromatic rings. The van der Waals surface area contributed by atoms with Crippen LogP contribution < -0.4 is 15.0 Å². The predicted octanol–water partition coefficient (Wildman–Crippen LogP) is 5.33. The second kappa shape index (κ2) is 9.96. The van der Waals surface area contributed by atoms with Gasteiger partial charge in [0.15, 0.2) is 0 Å². The van der Waals surface area contributed by atoms with Gasteiger partial charge in [0.05, 0.1) is 23.0 Å². The van der Waals surface area contributed by atoms with Crippen molar-refractivity contribution in [2.24, 2.45) is 0 Å². The number of anilines is 2. The summed E-state index contributed by atoms with van der Waals surface area (Å²) in [4.78, 5) is 37.7. The summed E-state index contributed by atoms with van der Waals surface area (Å²) in [5.74, 6) is 0.575. The molecule has 34 heavy (non-hydrogen) atoms. The molecule has 0 aliphatic carbocycles. The molecule has 1 fully saturated rings. The van der Waals surface area contributed by atoms with E-state index in [-0.39, 0.29) is 22.5 Å². The van der Waals surface area contributed by atoms with E-state index in [9.17, 15) is 19.7 Å². The van der Waals surface area contributed by atoms with Crippen LogP contribution in [0.3, 0.4) is 0 Å². The summed E-state index contributed by atoms with van der Waals surface area (Å²) in [5.41, 5.74) is 2.78. The van der Waals surface area contributed by atoms with Crippen molar-refractivity contribution < 1.29 is 19.2 Å². The van der Waals surface area contributed by atoms with E-state index < -0.39 is 10.8 Å². The summed E-state index contributed by atoms with van der Waals surface area (Å²) < 4.78 is 5.72. The molecule has 0 bridgehead atoms. The third-order valence-electron chi connectivity index (χ3n) is 5.41. The van der Waals surface area contributed by atoms with Gasteiger partial charge in [-0.2, -0.15) is 0 Å². The number of nitrogens with one attached hydrogen (secondary N) is 1. The molecular formula is C25H23N3O5S. The quantitative estimate of drug-likeness (QED) is 0.364. The van der Waals surface area contributed by atoms with Crippen LogP contribution in [0.1, 0.15) is 33.8 Å². The minimum Gasteiger partial charge on any atom is -0.492 e. The highest BCUT2D eigenvalue weighted by Crippen LogP contribution is 2.44. The van der Waals surface area contributed by atoms with Gasteiger partial charge in [0.25, 0.3) is 11.6 Å². The van der Waals surface area contributed by atoms with Gasteiger partial charge >= 0.3 is 0 Å². The van der Waals surface area contributed by atoms with Gasteiger partial charge in [-0.05, 0) is 49.7 Å². The molecule has 8 nitrogen and oxygen atoms in total. The number of nitro benzene ring substituents is 1. The van der Waals surface area contributed by atoms with Gasteiger partial charge in [-0.15, -0.1) is 11.8 Å². The lowest BCUT2D eigenvalue weighted by molar-refractivity contribution is -0.385. The first-order valence-electron chi connectivity index (χ1n) is 10.7. The van der Waals surface area contributed by atoms with Crippen LogP contribution in [0.5, 0.6) is 5.75 Å². The molecule has 0 spiro atoms. The highest BCUT2D eigenvalue weighted by atomic mass is 32.2. The Bertz CT molecular complexity index is 1250. The molecule has 0 radical (unpaired) electrons. The SMILES string of the molecule is CCOc1ccccc1N1C(=O)CS[C@@H]1c1ccc(NC(=O)c2ccc(C)c([N+](=O)[O-])c2)cc1. The molecule has 2 amide bonds. The Kier molecular flexibility index (Phi) is 6.83. The van der Waals surface area contributed by atoms with Crippen LogP contribution in [0.25, 0.3) is 0 Å². The second-order valence-corrected chi connectivity index (χ2v) is 8.73. The van der Waals surface area contributed by atoms with E-state index in [4.69, 9.17) is 4.74 Å². The monoisotopic (exact) mass is 477 g/mol. The summed E-state index contributed by atoms with van der Waals surface area (Å²) in [6.07, 6.45) is 0. The molecule has 1 aliphatic rings. The summed E-state index contributed by atoms with van der Waals surface area (Å²) in [7, 11) is 0. The number of benzene rings is 3. The first-order chi connectivity index (χ1) is 16.4. The minimum atomic E-state index is -0.503. The Hall–Kier alpha value is -3.85. The molecule has 0 unspecified atom stereocenters. The highest BCUT2D eigenvalue weighted by Gasteiger charge is 2.35. The molecule has 1 aliphatic heterocycles. The lowest BCUT2D eigenvalue weighted by Gasteiger charge is -2.26. The van der Waals surface area contributed by atoms with Gasteiger partial charge in [-0.25, -0.2) is 0 Å². The zero-order chi connectivity index (χ0) is 24.2. The molecule has 1 N–H and O–H groups in total. The number of hydrogen-bond donors (Lipinski definition) is 1. The molecule has 1 saturated heterocycles. The summed E-state index contributed by atoms with van der Waals surface area (Å²) in [6, 6.07) is 19.1. The van der Waals surface area contributed by atoms with Crippen LogP contribution in [0, 0.1) is 17.0 Å². The number of ether oxygens (including phenoxy) is 1. The fraction of sp³-hybridized carbons (Fsp3) is 0.200.